The van der Waals surface area contributed by atoms with Gasteiger partial charge >= 0.3 is 0 Å². The molecule has 17 heavy (non-hydrogen) atoms. The molecule has 98 valence electrons. The molecule has 0 bridgehead atoms. The molecule has 0 fully saturated rings. The molecule has 0 aromatic carbocycles. The van der Waals surface area contributed by atoms with Crippen LogP contribution in [0.1, 0.15) is 6.92 Å². The van der Waals surface area contributed by atoms with Crippen LogP contribution >= 0.6 is 12.6 Å². The fourth-order valence-electron chi connectivity index (χ4n) is 0.800. The third kappa shape index (κ3) is 7.55. The normalized spacial score (nSPS) is 13.4. The molecule has 0 saturated carbocycles. The van der Waals surface area contributed by atoms with Gasteiger partial charge in [0.05, 0.1) is 12.7 Å². The van der Waals surface area contributed by atoms with Crippen LogP contribution in [0.5, 0.6) is 0 Å². The molecule has 0 saturated heterocycles. The summed E-state index contributed by atoms with van der Waals surface area (Å²) in [6.07, 6.45) is 0. The highest BCUT2D eigenvalue weighted by Gasteiger charge is 2.13. The van der Waals surface area contributed by atoms with E-state index in [1.54, 1.807) is 0 Å². The lowest BCUT2D eigenvalue weighted by atomic mass is 10.3. The fourth-order valence-corrected chi connectivity index (χ4v) is 0.892. The summed E-state index contributed by atoms with van der Waals surface area (Å²) in [7, 11) is 0. The highest BCUT2D eigenvalue weighted by atomic mass is 32.1. The number of thiol groups is 1. The van der Waals surface area contributed by atoms with Gasteiger partial charge in [-0.25, -0.2) is 0 Å². The van der Waals surface area contributed by atoms with E-state index in [-0.39, 0.29) is 19.1 Å². The van der Waals surface area contributed by atoms with Gasteiger partial charge in [0.25, 0.3) is 5.24 Å². The zero-order valence-electron chi connectivity index (χ0n) is 9.40. The van der Waals surface area contributed by atoms with E-state index in [4.69, 9.17) is 11.5 Å². The lowest BCUT2D eigenvalue weighted by Crippen LogP contribution is -2.51. The molecule has 9 heteroatoms. The molecule has 0 aliphatic carbocycles. The predicted octanol–water partition coefficient (Wildman–Crippen LogP) is -2.51. The largest absolute Gasteiger partial charge is 0.345 e. The average Bonchev–Trinajstić information content (AvgIpc) is 2.25. The van der Waals surface area contributed by atoms with Gasteiger partial charge in [0.2, 0.25) is 11.8 Å². The molecule has 0 radical (unpaired) electrons. The molecule has 0 aliphatic heterocycles. The van der Waals surface area contributed by atoms with E-state index in [9.17, 15) is 14.4 Å². The zero-order valence-corrected chi connectivity index (χ0v) is 10.3. The van der Waals surface area contributed by atoms with E-state index in [0.29, 0.717) is 0 Å². The predicted molar refractivity (Wildman–Crippen MR) is 65.2 cm³/mol. The Morgan fingerprint density at radius 2 is 1.65 bits per heavy atom. The van der Waals surface area contributed by atoms with Gasteiger partial charge in [0.1, 0.15) is 6.04 Å². The molecule has 2 unspecified atom stereocenters. The van der Waals surface area contributed by atoms with E-state index >= 15 is 0 Å². The van der Waals surface area contributed by atoms with E-state index in [1.165, 1.54) is 6.92 Å². The molecule has 3 amide bonds. The minimum atomic E-state index is -0.904. The molecule has 0 aromatic heterocycles. The van der Waals surface area contributed by atoms with Gasteiger partial charge in [-0.15, -0.1) is 0 Å². The van der Waals surface area contributed by atoms with Crippen molar-refractivity contribution in [2.75, 3.05) is 13.2 Å². The summed E-state index contributed by atoms with van der Waals surface area (Å²) < 4.78 is 0. The van der Waals surface area contributed by atoms with Crippen LogP contribution in [0.2, 0.25) is 0 Å². The SMILES string of the molecule is CC(N)C(=O)NCNC(=O)C(N)CNC(=O)S. The molecular formula is C8H17N5O3S. The number of hydrogen-bond acceptors (Lipinski definition) is 5. The fraction of sp³-hybridized carbons (Fsp3) is 0.625. The standard InChI is InChI=1S/C8H17N5O3S/c1-4(9)6(14)12-3-13-7(15)5(10)2-11-8(16)17/h4-5H,2-3,9-10H2,1H3,(H,12,14)(H,13,15)(H2,11,16,17). The van der Waals surface area contributed by atoms with Crippen molar-refractivity contribution in [2.45, 2.75) is 19.0 Å². The summed E-state index contributed by atoms with van der Waals surface area (Å²) in [4.78, 5) is 32.8. The van der Waals surface area contributed by atoms with Crippen LogP contribution in [-0.2, 0) is 9.59 Å². The monoisotopic (exact) mass is 263 g/mol. The highest BCUT2D eigenvalue weighted by molar-refractivity contribution is 7.96. The highest BCUT2D eigenvalue weighted by Crippen LogP contribution is 1.80. The maximum Gasteiger partial charge on any atom is 0.276 e. The number of nitrogens with one attached hydrogen (secondary N) is 3. The van der Waals surface area contributed by atoms with Crippen molar-refractivity contribution in [3.05, 3.63) is 0 Å². The Bertz CT molecular complexity index is 297. The van der Waals surface area contributed by atoms with E-state index in [1.807, 2.05) is 0 Å². The molecule has 0 spiro atoms. The van der Waals surface area contributed by atoms with Gasteiger partial charge in [-0.1, -0.05) is 12.6 Å². The van der Waals surface area contributed by atoms with E-state index < -0.39 is 23.2 Å². The minimum Gasteiger partial charge on any atom is -0.345 e. The lowest BCUT2D eigenvalue weighted by Gasteiger charge is -2.13. The summed E-state index contributed by atoms with van der Waals surface area (Å²) in [6, 6.07) is -1.55. The summed E-state index contributed by atoms with van der Waals surface area (Å²) in [5.74, 6) is -0.889. The second kappa shape index (κ2) is 7.87. The van der Waals surface area contributed by atoms with Crippen LogP contribution in [0.15, 0.2) is 0 Å². The third-order valence-corrected chi connectivity index (χ3v) is 1.91. The second-order valence-corrected chi connectivity index (χ2v) is 3.75. The van der Waals surface area contributed by atoms with E-state index in [2.05, 4.69) is 28.6 Å². The van der Waals surface area contributed by atoms with Gasteiger partial charge in [0, 0.05) is 6.54 Å². The van der Waals surface area contributed by atoms with Crippen molar-refractivity contribution in [1.29, 1.82) is 0 Å². The first-order valence-electron chi connectivity index (χ1n) is 4.88. The Hall–Kier alpha value is -1.32. The zero-order chi connectivity index (χ0) is 13.4. The van der Waals surface area contributed by atoms with Gasteiger partial charge in [-0.05, 0) is 6.92 Å². The van der Waals surface area contributed by atoms with Crippen LogP contribution in [-0.4, -0.2) is 42.4 Å². The average molecular weight is 263 g/mol. The number of carbonyl (C=O) groups excluding carboxylic acids is 3. The molecule has 2 atom stereocenters. The molecule has 7 N–H and O–H groups in total. The van der Waals surface area contributed by atoms with Crippen molar-refractivity contribution in [1.82, 2.24) is 16.0 Å². The quantitative estimate of drug-likeness (QED) is 0.232. The molecule has 0 heterocycles. The van der Waals surface area contributed by atoms with Gasteiger partial charge in [-0.3, -0.25) is 14.4 Å². The summed E-state index contributed by atoms with van der Waals surface area (Å²) in [5.41, 5.74) is 10.7. The van der Waals surface area contributed by atoms with Crippen LogP contribution in [0.25, 0.3) is 0 Å². The van der Waals surface area contributed by atoms with Crippen LogP contribution in [0, 0.1) is 0 Å². The van der Waals surface area contributed by atoms with Crippen molar-refractivity contribution in [2.24, 2.45) is 11.5 Å². The third-order valence-electron chi connectivity index (χ3n) is 1.75. The van der Waals surface area contributed by atoms with Gasteiger partial charge in [0.15, 0.2) is 0 Å². The number of nitrogens with two attached hydrogens (primary N) is 2. The van der Waals surface area contributed by atoms with Crippen LogP contribution in [0.4, 0.5) is 4.79 Å². The summed E-state index contributed by atoms with van der Waals surface area (Å²) in [6.45, 7) is 1.42. The lowest BCUT2D eigenvalue weighted by molar-refractivity contribution is -0.123. The van der Waals surface area contributed by atoms with Crippen molar-refractivity contribution in [3.8, 4) is 0 Å². The number of amides is 3. The van der Waals surface area contributed by atoms with E-state index in [0.717, 1.165) is 0 Å². The first kappa shape index (κ1) is 15.7. The topological polar surface area (TPSA) is 139 Å². The Morgan fingerprint density at radius 1 is 1.12 bits per heavy atom. The molecule has 0 aliphatic rings. The number of carbonyl (C=O) groups is 3. The Balaban J connectivity index is 3.78. The molecule has 0 rings (SSSR count). The van der Waals surface area contributed by atoms with Crippen molar-refractivity contribution < 1.29 is 14.4 Å². The molecular weight excluding hydrogens is 246 g/mol. The van der Waals surface area contributed by atoms with Crippen LogP contribution in [0.3, 0.4) is 0 Å². The second-order valence-electron chi connectivity index (χ2n) is 3.34. The maximum absolute atomic E-state index is 11.3. The summed E-state index contributed by atoms with van der Waals surface area (Å²) >= 11 is 3.45. The van der Waals surface area contributed by atoms with Crippen molar-refractivity contribution >= 4 is 29.7 Å². The Morgan fingerprint density at radius 3 is 2.12 bits per heavy atom. The Kier molecular flexibility index (Phi) is 7.26. The number of rotatable bonds is 6. The minimum absolute atomic E-state index is 0.0323. The smallest absolute Gasteiger partial charge is 0.276 e. The van der Waals surface area contributed by atoms with Gasteiger partial charge in [-0.2, -0.15) is 0 Å². The maximum atomic E-state index is 11.3. The van der Waals surface area contributed by atoms with Crippen molar-refractivity contribution in [3.63, 3.8) is 0 Å². The molecule has 0 aromatic rings. The summed E-state index contributed by atoms with van der Waals surface area (Å²) in [5, 5.41) is 6.45. The first-order chi connectivity index (χ1) is 7.84. The number of hydrogen-bond donors (Lipinski definition) is 6. The van der Waals surface area contributed by atoms with Crippen LogP contribution < -0.4 is 27.4 Å². The Labute approximate surface area is 104 Å². The van der Waals surface area contributed by atoms with Gasteiger partial charge < -0.3 is 27.4 Å². The molecule has 8 nitrogen and oxygen atoms in total. The first-order valence-corrected chi connectivity index (χ1v) is 5.32.